The fourth-order valence-corrected chi connectivity index (χ4v) is 1.91. The van der Waals surface area contributed by atoms with E-state index in [9.17, 15) is 4.39 Å². The summed E-state index contributed by atoms with van der Waals surface area (Å²) >= 11 is 0. The van der Waals surface area contributed by atoms with Crippen LogP contribution in [0.1, 0.15) is 46.0 Å². The van der Waals surface area contributed by atoms with E-state index in [2.05, 4.69) is 13.8 Å². The van der Waals surface area contributed by atoms with E-state index < -0.39 is 0 Å². The second-order valence-corrected chi connectivity index (χ2v) is 3.89. The van der Waals surface area contributed by atoms with Gasteiger partial charge in [-0.3, -0.25) is 4.39 Å². The minimum absolute atomic E-state index is 0.148. The van der Waals surface area contributed by atoms with Crippen molar-refractivity contribution in [1.82, 2.24) is 0 Å². The average molecular weight is 170 g/mol. The molecule has 0 aromatic carbocycles. The minimum atomic E-state index is -0.148. The maximum absolute atomic E-state index is 11.8. The van der Waals surface area contributed by atoms with Crippen LogP contribution in [-0.2, 0) is 0 Å². The van der Waals surface area contributed by atoms with E-state index in [0.29, 0.717) is 5.92 Å². The summed E-state index contributed by atoms with van der Waals surface area (Å²) in [6, 6.07) is 0. The summed E-state index contributed by atoms with van der Waals surface area (Å²) in [6.45, 7) is 4.35. The Balaban J connectivity index is 2.20. The molecule has 0 bridgehead atoms. The summed E-state index contributed by atoms with van der Waals surface area (Å²) in [7, 11) is 0. The highest BCUT2D eigenvalue weighted by Gasteiger charge is 2.18. The molecule has 0 aromatic rings. The summed E-state index contributed by atoms with van der Waals surface area (Å²) < 4.78 is 11.8. The molecule has 0 radical (unpaired) electrons. The van der Waals surface area contributed by atoms with Crippen LogP contribution < -0.4 is 0 Å². The largest absolute Gasteiger partial charge is 0.251 e. The lowest BCUT2D eigenvalue weighted by molar-refractivity contribution is 0.433. The van der Waals surface area contributed by atoms with Crippen LogP contribution in [0.2, 0.25) is 0 Å². The monoisotopic (exact) mass is 170 g/mol. The van der Waals surface area contributed by atoms with E-state index in [-0.39, 0.29) is 6.67 Å². The van der Waals surface area contributed by atoms with Crippen LogP contribution in [0.3, 0.4) is 0 Å². The molecular formula is C11H19F. The number of rotatable bonds is 5. The van der Waals surface area contributed by atoms with Gasteiger partial charge in [0.15, 0.2) is 0 Å². The number of halogens is 1. The quantitative estimate of drug-likeness (QED) is 0.434. The minimum Gasteiger partial charge on any atom is -0.251 e. The van der Waals surface area contributed by atoms with Crippen molar-refractivity contribution >= 4 is 0 Å². The fraction of sp³-hybridized carbons (Fsp3) is 0.818. The number of allylic oxidation sites excluding steroid dienone is 2. The molecular weight excluding hydrogens is 151 g/mol. The molecule has 1 rings (SSSR count). The smallest absolute Gasteiger partial charge is 0.0894 e. The normalized spacial score (nSPS) is 19.2. The molecule has 0 fully saturated rings. The van der Waals surface area contributed by atoms with Gasteiger partial charge in [-0.15, -0.1) is 0 Å². The van der Waals surface area contributed by atoms with Gasteiger partial charge < -0.3 is 0 Å². The van der Waals surface area contributed by atoms with Crippen LogP contribution in [0.4, 0.5) is 4.39 Å². The standard InChI is InChI=1S/C11H19F/c1-9(5-3-4-8-12)11-7-6-10(11)2/h9H,3-8H2,1-2H3. The van der Waals surface area contributed by atoms with Crippen LogP contribution in [0.25, 0.3) is 0 Å². The first-order valence-corrected chi connectivity index (χ1v) is 5.00. The van der Waals surface area contributed by atoms with Crippen molar-refractivity contribution in [2.75, 3.05) is 6.67 Å². The SMILES string of the molecule is CC1=C(C(C)CCCCF)CC1. The molecule has 0 aromatic heterocycles. The first-order valence-electron chi connectivity index (χ1n) is 5.00. The van der Waals surface area contributed by atoms with E-state index in [1.165, 1.54) is 19.3 Å². The Morgan fingerprint density at radius 3 is 2.50 bits per heavy atom. The van der Waals surface area contributed by atoms with Gasteiger partial charge >= 0.3 is 0 Å². The first kappa shape index (κ1) is 9.76. The highest BCUT2D eigenvalue weighted by atomic mass is 19.1. The lowest BCUT2D eigenvalue weighted by atomic mass is 9.80. The van der Waals surface area contributed by atoms with Crippen LogP contribution in [0, 0.1) is 5.92 Å². The van der Waals surface area contributed by atoms with Gasteiger partial charge in [-0.05, 0) is 38.5 Å². The zero-order valence-electron chi connectivity index (χ0n) is 8.20. The topological polar surface area (TPSA) is 0 Å². The predicted octanol–water partition coefficient (Wildman–Crippen LogP) is 3.87. The molecule has 1 aliphatic rings. The average Bonchev–Trinajstić information content (AvgIpc) is 2.02. The van der Waals surface area contributed by atoms with Crippen LogP contribution >= 0.6 is 0 Å². The lowest BCUT2D eigenvalue weighted by Gasteiger charge is -2.26. The van der Waals surface area contributed by atoms with Gasteiger partial charge in [0.25, 0.3) is 0 Å². The first-order chi connectivity index (χ1) is 5.75. The summed E-state index contributed by atoms with van der Waals surface area (Å²) in [5, 5.41) is 0. The van der Waals surface area contributed by atoms with Crippen molar-refractivity contribution in [1.29, 1.82) is 0 Å². The molecule has 0 N–H and O–H groups in total. The number of alkyl halides is 1. The van der Waals surface area contributed by atoms with E-state index in [4.69, 9.17) is 0 Å². The Bertz CT molecular complexity index is 170. The van der Waals surface area contributed by atoms with Crippen molar-refractivity contribution in [2.24, 2.45) is 5.92 Å². The van der Waals surface area contributed by atoms with Gasteiger partial charge in [-0.1, -0.05) is 24.5 Å². The molecule has 12 heavy (non-hydrogen) atoms. The predicted molar refractivity (Wildman–Crippen MR) is 50.9 cm³/mol. The summed E-state index contributed by atoms with van der Waals surface area (Å²) in [5.74, 6) is 0.713. The lowest BCUT2D eigenvalue weighted by Crippen LogP contribution is -2.10. The Hall–Kier alpha value is -0.330. The number of unbranched alkanes of at least 4 members (excludes halogenated alkanes) is 1. The Morgan fingerprint density at radius 2 is 2.08 bits per heavy atom. The van der Waals surface area contributed by atoms with Gasteiger partial charge in [0.2, 0.25) is 0 Å². The van der Waals surface area contributed by atoms with E-state index in [1.54, 1.807) is 11.1 Å². The van der Waals surface area contributed by atoms with Crippen LogP contribution in [-0.4, -0.2) is 6.67 Å². The van der Waals surface area contributed by atoms with Gasteiger partial charge in [0.1, 0.15) is 0 Å². The molecule has 0 saturated carbocycles. The molecule has 0 nitrogen and oxygen atoms in total. The highest BCUT2D eigenvalue weighted by molar-refractivity contribution is 5.24. The Morgan fingerprint density at radius 1 is 1.33 bits per heavy atom. The summed E-state index contributed by atoms with van der Waals surface area (Å²) in [4.78, 5) is 0. The third-order valence-corrected chi connectivity index (χ3v) is 2.93. The molecule has 1 unspecified atom stereocenters. The molecule has 1 aliphatic carbocycles. The molecule has 1 atom stereocenters. The highest BCUT2D eigenvalue weighted by Crippen LogP contribution is 2.35. The van der Waals surface area contributed by atoms with Crippen molar-refractivity contribution in [3.63, 3.8) is 0 Å². The zero-order valence-corrected chi connectivity index (χ0v) is 8.20. The third-order valence-electron chi connectivity index (χ3n) is 2.93. The third kappa shape index (κ3) is 2.33. The van der Waals surface area contributed by atoms with Gasteiger partial charge in [0.05, 0.1) is 6.67 Å². The summed E-state index contributed by atoms with van der Waals surface area (Å²) in [6.07, 6.45) is 5.56. The molecule has 0 aliphatic heterocycles. The van der Waals surface area contributed by atoms with Crippen molar-refractivity contribution in [3.8, 4) is 0 Å². The fourth-order valence-electron chi connectivity index (χ4n) is 1.91. The summed E-state index contributed by atoms with van der Waals surface area (Å²) in [5.41, 5.74) is 3.23. The van der Waals surface area contributed by atoms with E-state index in [1.807, 2.05) is 0 Å². The van der Waals surface area contributed by atoms with E-state index in [0.717, 1.165) is 12.8 Å². The molecule has 0 amide bonds. The molecule has 70 valence electrons. The molecule has 1 heteroatoms. The van der Waals surface area contributed by atoms with Crippen LogP contribution in [0.15, 0.2) is 11.1 Å². The van der Waals surface area contributed by atoms with E-state index >= 15 is 0 Å². The molecule has 0 heterocycles. The molecule has 0 saturated heterocycles. The number of hydrogen-bond donors (Lipinski definition) is 0. The van der Waals surface area contributed by atoms with Crippen molar-refractivity contribution < 1.29 is 4.39 Å². The zero-order chi connectivity index (χ0) is 8.97. The molecule has 0 spiro atoms. The van der Waals surface area contributed by atoms with Crippen molar-refractivity contribution in [3.05, 3.63) is 11.1 Å². The van der Waals surface area contributed by atoms with Gasteiger partial charge in [-0.2, -0.15) is 0 Å². The van der Waals surface area contributed by atoms with Crippen LogP contribution in [0.5, 0.6) is 0 Å². The second-order valence-electron chi connectivity index (χ2n) is 3.89. The second kappa shape index (κ2) is 4.64. The maximum Gasteiger partial charge on any atom is 0.0894 e. The number of hydrogen-bond acceptors (Lipinski definition) is 0. The Kier molecular flexibility index (Phi) is 3.77. The van der Waals surface area contributed by atoms with Crippen molar-refractivity contribution in [2.45, 2.75) is 46.0 Å². The van der Waals surface area contributed by atoms with Gasteiger partial charge in [0, 0.05) is 0 Å². The van der Waals surface area contributed by atoms with Gasteiger partial charge in [-0.25, -0.2) is 0 Å². The maximum atomic E-state index is 11.8. The Labute approximate surface area is 74.9 Å².